The number of esters is 1. The molecule has 0 amide bonds. The number of carbonyl (C=O) groups is 2. The summed E-state index contributed by atoms with van der Waals surface area (Å²) in [6.07, 6.45) is 2.76. The molecule has 2 N–H and O–H groups in total. The molecule has 1 aliphatic rings. The molecular weight excluding hydrogens is 522 g/mol. The summed E-state index contributed by atoms with van der Waals surface area (Å²) in [5.74, 6) is -0.466. The molecule has 0 saturated heterocycles. The first kappa shape index (κ1) is 27.8. The van der Waals surface area contributed by atoms with Gasteiger partial charge in [0.1, 0.15) is 11.4 Å². The number of rotatable bonds is 10. The third-order valence-corrected chi connectivity index (χ3v) is 7.18. The maximum Gasteiger partial charge on any atom is 0.343 e. The van der Waals surface area contributed by atoms with Crippen molar-refractivity contribution < 1.29 is 19.4 Å². The number of aliphatic carboxylic acids is 1. The average Bonchev–Trinajstić information content (AvgIpc) is 3.65. The molecular formula is C30H33N7O4. The fourth-order valence-corrected chi connectivity index (χ4v) is 5.47. The number of fused-ring (bicyclic) bond motifs is 1. The second kappa shape index (κ2) is 11.7. The van der Waals surface area contributed by atoms with Gasteiger partial charge in [0.05, 0.1) is 24.4 Å². The van der Waals surface area contributed by atoms with Crippen molar-refractivity contribution in [1.82, 2.24) is 30.4 Å². The number of aromatic nitrogens is 6. The number of aromatic amines is 1. The molecule has 4 aromatic rings. The van der Waals surface area contributed by atoms with E-state index in [0.717, 1.165) is 28.7 Å². The van der Waals surface area contributed by atoms with Gasteiger partial charge in [-0.2, -0.15) is 10.3 Å². The third kappa shape index (κ3) is 5.22. The van der Waals surface area contributed by atoms with Crippen LogP contribution in [0.1, 0.15) is 62.5 Å². The summed E-state index contributed by atoms with van der Waals surface area (Å²) in [5, 5.41) is 29.4. The molecule has 3 heterocycles. The summed E-state index contributed by atoms with van der Waals surface area (Å²) in [6, 6.07) is 15.3. The Kier molecular flexibility index (Phi) is 7.95. The summed E-state index contributed by atoms with van der Waals surface area (Å²) >= 11 is 0. The number of allylic oxidation sites excluding steroid dienone is 1. The first-order chi connectivity index (χ1) is 19.8. The molecule has 0 saturated carbocycles. The van der Waals surface area contributed by atoms with Crippen LogP contribution in [0.25, 0.3) is 22.5 Å². The van der Waals surface area contributed by atoms with Crippen molar-refractivity contribution in [2.24, 2.45) is 5.92 Å². The van der Waals surface area contributed by atoms with E-state index < -0.39 is 18.0 Å². The lowest BCUT2D eigenvalue weighted by atomic mass is 9.90. The zero-order chi connectivity index (χ0) is 29.1. The number of hydrogen-bond acceptors (Lipinski definition) is 8. The van der Waals surface area contributed by atoms with Crippen LogP contribution in [-0.2, 0) is 16.1 Å². The number of nitrogens with zero attached hydrogens (tertiary/aromatic N) is 6. The van der Waals surface area contributed by atoms with Gasteiger partial charge in [0.15, 0.2) is 0 Å². The van der Waals surface area contributed by atoms with Gasteiger partial charge in [-0.05, 0) is 41.2 Å². The minimum atomic E-state index is -0.982. The van der Waals surface area contributed by atoms with E-state index in [1.165, 1.54) is 6.20 Å². The highest BCUT2D eigenvalue weighted by Gasteiger charge is 2.40. The lowest BCUT2D eigenvalue weighted by Gasteiger charge is -2.39. The van der Waals surface area contributed by atoms with Crippen molar-refractivity contribution >= 4 is 17.8 Å². The van der Waals surface area contributed by atoms with E-state index in [4.69, 9.17) is 4.74 Å². The Labute approximate surface area is 237 Å². The molecule has 11 nitrogen and oxygen atoms in total. The average molecular weight is 556 g/mol. The SMILES string of the molecule is CCCC1=C(C(=O)O)C(C(C)C)n2ncc(C(=O)OCC)c2N1Cc1ccc(-c2ccccc2-c2nn[nH]n2)cc1. The number of carboxylic acids is 1. The van der Waals surface area contributed by atoms with Crippen LogP contribution in [0, 0.1) is 5.92 Å². The fourth-order valence-electron chi connectivity index (χ4n) is 5.47. The van der Waals surface area contributed by atoms with E-state index in [-0.39, 0.29) is 12.5 Å². The zero-order valence-electron chi connectivity index (χ0n) is 23.5. The van der Waals surface area contributed by atoms with Crippen molar-refractivity contribution in [3.63, 3.8) is 0 Å². The summed E-state index contributed by atoms with van der Waals surface area (Å²) < 4.78 is 7.03. The summed E-state index contributed by atoms with van der Waals surface area (Å²) in [5.41, 5.74) is 5.03. The highest BCUT2D eigenvalue weighted by Crippen LogP contribution is 2.43. The molecule has 0 bridgehead atoms. The number of tetrazole rings is 1. The molecule has 212 valence electrons. The van der Waals surface area contributed by atoms with E-state index in [0.29, 0.717) is 41.4 Å². The number of benzene rings is 2. The number of hydrogen-bond donors (Lipinski definition) is 2. The summed E-state index contributed by atoms with van der Waals surface area (Å²) in [4.78, 5) is 27.6. The van der Waals surface area contributed by atoms with Crippen LogP contribution in [-0.4, -0.2) is 54.1 Å². The van der Waals surface area contributed by atoms with Crippen molar-refractivity contribution in [2.75, 3.05) is 11.5 Å². The lowest BCUT2D eigenvalue weighted by Crippen LogP contribution is -2.38. The largest absolute Gasteiger partial charge is 0.478 e. The second-order valence-corrected chi connectivity index (χ2v) is 10.2. The van der Waals surface area contributed by atoms with E-state index >= 15 is 0 Å². The first-order valence-electron chi connectivity index (χ1n) is 13.8. The van der Waals surface area contributed by atoms with Crippen LogP contribution in [0.15, 0.2) is 66.0 Å². The van der Waals surface area contributed by atoms with Gasteiger partial charge in [-0.15, -0.1) is 10.2 Å². The Morgan fingerprint density at radius 2 is 1.80 bits per heavy atom. The van der Waals surface area contributed by atoms with Gasteiger partial charge in [0.25, 0.3) is 0 Å². The van der Waals surface area contributed by atoms with Gasteiger partial charge in [-0.25, -0.2) is 14.3 Å². The number of nitrogens with one attached hydrogen (secondary N) is 1. The Morgan fingerprint density at radius 1 is 1.07 bits per heavy atom. The van der Waals surface area contributed by atoms with Crippen LogP contribution in [0.3, 0.4) is 0 Å². The molecule has 2 aromatic carbocycles. The predicted octanol–water partition coefficient (Wildman–Crippen LogP) is 5.26. The molecule has 2 aromatic heterocycles. The lowest BCUT2D eigenvalue weighted by molar-refractivity contribution is -0.133. The van der Waals surface area contributed by atoms with Gasteiger partial charge in [0.2, 0.25) is 5.82 Å². The van der Waals surface area contributed by atoms with Crippen LogP contribution >= 0.6 is 0 Å². The molecule has 0 fully saturated rings. The predicted molar refractivity (Wildman–Crippen MR) is 153 cm³/mol. The zero-order valence-corrected chi connectivity index (χ0v) is 23.5. The quantitative estimate of drug-likeness (QED) is 0.251. The van der Waals surface area contributed by atoms with Crippen molar-refractivity contribution in [3.8, 4) is 22.5 Å². The molecule has 5 rings (SSSR count). The molecule has 0 aliphatic carbocycles. The van der Waals surface area contributed by atoms with Gasteiger partial charge >= 0.3 is 11.9 Å². The molecule has 11 heteroatoms. The Morgan fingerprint density at radius 3 is 2.41 bits per heavy atom. The van der Waals surface area contributed by atoms with Crippen molar-refractivity contribution in [2.45, 2.75) is 53.1 Å². The highest BCUT2D eigenvalue weighted by molar-refractivity contribution is 5.97. The maximum absolute atomic E-state index is 13.0. The van der Waals surface area contributed by atoms with Crippen LogP contribution in [0.4, 0.5) is 5.82 Å². The molecule has 1 atom stereocenters. The Bertz CT molecular complexity index is 1570. The topological polar surface area (TPSA) is 139 Å². The van der Waals surface area contributed by atoms with Crippen molar-refractivity contribution in [3.05, 3.63) is 77.1 Å². The number of carbonyl (C=O) groups excluding carboxylic acids is 1. The number of ether oxygens (including phenoxy) is 1. The van der Waals surface area contributed by atoms with Crippen LogP contribution < -0.4 is 4.90 Å². The van der Waals surface area contributed by atoms with E-state index in [1.54, 1.807) is 11.6 Å². The molecule has 41 heavy (non-hydrogen) atoms. The minimum absolute atomic E-state index is 0.0673. The van der Waals surface area contributed by atoms with Gasteiger partial charge in [-0.1, -0.05) is 75.7 Å². The van der Waals surface area contributed by atoms with Gasteiger partial charge in [-0.3, -0.25) is 0 Å². The molecule has 1 unspecified atom stereocenters. The van der Waals surface area contributed by atoms with Crippen molar-refractivity contribution in [1.29, 1.82) is 0 Å². The van der Waals surface area contributed by atoms with Gasteiger partial charge in [0, 0.05) is 17.8 Å². The second-order valence-electron chi connectivity index (χ2n) is 10.2. The molecule has 0 radical (unpaired) electrons. The van der Waals surface area contributed by atoms with Crippen LogP contribution in [0.2, 0.25) is 0 Å². The number of carboxylic acid groups (broad SMARTS) is 1. The minimum Gasteiger partial charge on any atom is -0.478 e. The smallest absolute Gasteiger partial charge is 0.343 e. The number of anilines is 1. The Hall–Kier alpha value is -4.80. The fraction of sp³-hybridized carbons (Fsp3) is 0.333. The maximum atomic E-state index is 13.0. The first-order valence-corrected chi connectivity index (χ1v) is 13.8. The van der Waals surface area contributed by atoms with E-state index in [9.17, 15) is 14.7 Å². The Balaban J connectivity index is 1.58. The van der Waals surface area contributed by atoms with E-state index in [2.05, 4.69) is 25.7 Å². The standard InChI is InChI=1S/C30H33N7O4/c1-5-9-24-25(29(38)39)26(18(3)4)37-28(23(16-31-37)30(40)41-6-2)36(24)17-19-12-14-20(15-13-19)21-10-7-8-11-22(21)27-32-34-35-33-27/h7-8,10-16,18,26H,5-6,9,17H2,1-4H3,(H,38,39)(H,32,33,34,35). The van der Waals surface area contributed by atoms with Gasteiger partial charge < -0.3 is 14.7 Å². The monoisotopic (exact) mass is 555 g/mol. The van der Waals surface area contributed by atoms with Crippen LogP contribution in [0.5, 0.6) is 0 Å². The highest BCUT2D eigenvalue weighted by atomic mass is 16.5. The summed E-state index contributed by atoms with van der Waals surface area (Å²) in [7, 11) is 0. The third-order valence-electron chi connectivity index (χ3n) is 7.18. The molecule has 0 spiro atoms. The number of H-pyrrole nitrogens is 1. The summed E-state index contributed by atoms with van der Waals surface area (Å²) in [6.45, 7) is 8.28. The van der Waals surface area contributed by atoms with E-state index in [1.807, 2.05) is 74.2 Å². The normalized spacial score (nSPS) is 14.9. The molecule has 1 aliphatic heterocycles.